The first-order valence-corrected chi connectivity index (χ1v) is 8.89. The Morgan fingerprint density at radius 2 is 2.11 bits per heavy atom. The monoisotopic (exact) mass is 393 g/mol. The minimum Gasteiger partial charge on any atom is -0.493 e. The number of amides is 1. The molecule has 1 aromatic heterocycles. The van der Waals surface area contributed by atoms with E-state index in [2.05, 4.69) is 20.2 Å². The number of ether oxygens (including phenoxy) is 2. The summed E-state index contributed by atoms with van der Waals surface area (Å²) in [5, 5.41) is 3.68. The molecule has 8 nitrogen and oxygen atoms in total. The molecule has 1 amide bonds. The molecular weight excluding hydrogens is 370 g/mol. The summed E-state index contributed by atoms with van der Waals surface area (Å²) < 4.78 is 11.0. The van der Waals surface area contributed by atoms with Crippen molar-refractivity contribution in [2.75, 3.05) is 45.7 Å². The second-order valence-electron chi connectivity index (χ2n) is 5.86. The van der Waals surface area contributed by atoms with Gasteiger partial charge in [0.1, 0.15) is 12.3 Å². The van der Waals surface area contributed by atoms with Crippen molar-refractivity contribution < 1.29 is 14.3 Å². The average molecular weight is 394 g/mol. The molecule has 0 aliphatic rings. The Labute approximate surface area is 163 Å². The quantitative estimate of drug-likeness (QED) is 0.563. The molecule has 0 atom stereocenters. The molecule has 0 bridgehead atoms. The number of carbonyl (C=O) groups is 1. The molecule has 2 rings (SSSR count). The molecule has 0 aliphatic heterocycles. The van der Waals surface area contributed by atoms with Crippen LogP contribution < -0.4 is 20.5 Å². The molecule has 0 spiro atoms. The van der Waals surface area contributed by atoms with Crippen LogP contribution in [-0.2, 0) is 0 Å². The lowest BCUT2D eigenvalue weighted by Gasteiger charge is -2.18. The fraction of sp³-hybridized carbons (Fsp3) is 0.389. The van der Waals surface area contributed by atoms with Crippen LogP contribution in [0.1, 0.15) is 16.9 Å². The smallest absolute Gasteiger partial charge is 0.267 e. The maximum Gasteiger partial charge on any atom is 0.267 e. The van der Waals surface area contributed by atoms with Gasteiger partial charge in [-0.05, 0) is 38.2 Å². The van der Waals surface area contributed by atoms with E-state index in [1.54, 1.807) is 25.3 Å². The second-order valence-corrected chi connectivity index (χ2v) is 6.29. The van der Waals surface area contributed by atoms with E-state index in [-0.39, 0.29) is 5.69 Å². The molecule has 1 aromatic carbocycles. The van der Waals surface area contributed by atoms with Gasteiger partial charge in [0.15, 0.2) is 11.5 Å². The predicted molar refractivity (Wildman–Crippen MR) is 105 cm³/mol. The predicted octanol–water partition coefficient (Wildman–Crippen LogP) is 2.05. The molecule has 0 saturated carbocycles. The lowest BCUT2D eigenvalue weighted by molar-refractivity contribution is 0.0995. The number of nitrogens with two attached hydrogens (primary N) is 1. The van der Waals surface area contributed by atoms with Crippen molar-refractivity contribution in [3.8, 4) is 11.5 Å². The number of halogens is 1. The normalized spacial score (nSPS) is 10.7. The first-order valence-electron chi connectivity index (χ1n) is 8.51. The largest absolute Gasteiger partial charge is 0.493 e. The number of nitrogens with one attached hydrogen (secondary N) is 1. The summed E-state index contributed by atoms with van der Waals surface area (Å²) in [6.07, 6.45) is 2.38. The maximum absolute atomic E-state index is 11.1. The number of methoxy groups -OCH3 is 1. The average Bonchev–Trinajstić information content (AvgIpc) is 2.65. The lowest BCUT2D eigenvalue weighted by atomic mass is 10.3. The number of anilines is 1. The Hall–Kier alpha value is -2.58. The Balaban J connectivity index is 1.67. The zero-order valence-corrected chi connectivity index (χ0v) is 16.2. The van der Waals surface area contributed by atoms with Crippen molar-refractivity contribution >= 4 is 23.5 Å². The topological polar surface area (TPSA) is 103 Å². The number of nitrogens with zero attached hydrogens (tertiary/aromatic N) is 3. The standard InChI is InChI=1S/C18H24ClN5O3/c1-24(10-11-27-16-12-13(19)4-5-15(16)26-2)9-3-7-21-18-22-8-6-14(23-18)17(20)25/h4-6,8,12H,3,7,9-11H2,1-2H3,(H2,20,25)(H,21,22,23). The third kappa shape index (κ3) is 6.92. The number of likely N-dealkylation sites (N-methyl/N-ethyl adjacent to an activating group) is 1. The van der Waals surface area contributed by atoms with Gasteiger partial charge in [-0.2, -0.15) is 0 Å². The molecule has 2 aromatic rings. The van der Waals surface area contributed by atoms with Gasteiger partial charge in [0, 0.05) is 30.4 Å². The van der Waals surface area contributed by atoms with Crippen molar-refractivity contribution in [2.24, 2.45) is 5.73 Å². The molecule has 0 saturated heterocycles. The van der Waals surface area contributed by atoms with E-state index in [0.717, 1.165) is 19.5 Å². The van der Waals surface area contributed by atoms with E-state index in [9.17, 15) is 4.79 Å². The van der Waals surface area contributed by atoms with Gasteiger partial charge in [-0.15, -0.1) is 0 Å². The zero-order valence-electron chi connectivity index (χ0n) is 15.4. The van der Waals surface area contributed by atoms with E-state index in [4.69, 9.17) is 26.8 Å². The Morgan fingerprint density at radius 1 is 1.30 bits per heavy atom. The summed E-state index contributed by atoms with van der Waals surface area (Å²) in [6.45, 7) is 2.81. The van der Waals surface area contributed by atoms with Crippen molar-refractivity contribution in [3.63, 3.8) is 0 Å². The van der Waals surface area contributed by atoms with Gasteiger partial charge in [-0.25, -0.2) is 9.97 Å². The molecular formula is C18H24ClN5O3. The summed E-state index contributed by atoms with van der Waals surface area (Å²) in [7, 11) is 3.61. The summed E-state index contributed by atoms with van der Waals surface area (Å²) in [5.41, 5.74) is 5.39. The number of rotatable bonds is 11. The van der Waals surface area contributed by atoms with Gasteiger partial charge in [-0.3, -0.25) is 4.79 Å². The fourth-order valence-electron chi connectivity index (χ4n) is 2.32. The van der Waals surface area contributed by atoms with Crippen molar-refractivity contribution in [2.45, 2.75) is 6.42 Å². The van der Waals surface area contributed by atoms with E-state index < -0.39 is 5.91 Å². The maximum atomic E-state index is 11.1. The van der Waals surface area contributed by atoms with Crippen molar-refractivity contribution in [1.82, 2.24) is 14.9 Å². The minimum absolute atomic E-state index is 0.193. The fourth-order valence-corrected chi connectivity index (χ4v) is 2.48. The van der Waals surface area contributed by atoms with Gasteiger partial charge >= 0.3 is 0 Å². The molecule has 9 heteroatoms. The van der Waals surface area contributed by atoms with Gasteiger partial charge in [0.2, 0.25) is 5.95 Å². The lowest BCUT2D eigenvalue weighted by Crippen LogP contribution is -2.26. The zero-order chi connectivity index (χ0) is 19.6. The van der Waals surface area contributed by atoms with Crippen LogP contribution >= 0.6 is 11.6 Å². The molecule has 0 fully saturated rings. The summed E-state index contributed by atoms with van der Waals surface area (Å²) >= 11 is 5.99. The van der Waals surface area contributed by atoms with Gasteiger partial charge in [0.05, 0.1) is 7.11 Å². The highest BCUT2D eigenvalue weighted by Crippen LogP contribution is 2.29. The summed E-state index contributed by atoms with van der Waals surface area (Å²) in [5.74, 6) is 1.11. The summed E-state index contributed by atoms with van der Waals surface area (Å²) in [6, 6.07) is 6.76. The third-order valence-corrected chi connectivity index (χ3v) is 4.00. The van der Waals surface area contributed by atoms with Crippen LogP contribution in [0.5, 0.6) is 11.5 Å². The van der Waals surface area contributed by atoms with Crippen molar-refractivity contribution in [1.29, 1.82) is 0 Å². The van der Waals surface area contributed by atoms with Crippen LogP contribution in [0.2, 0.25) is 5.02 Å². The number of hydrogen-bond donors (Lipinski definition) is 2. The molecule has 3 N–H and O–H groups in total. The van der Waals surface area contributed by atoms with Crippen LogP contribution in [0.25, 0.3) is 0 Å². The van der Waals surface area contributed by atoms with Gasteiger partial charge < -0.3 is 25.4 Å². The van der Waals surface area contributed by atoms with Crippen LogP contribution in [0.3, 0.4) is 0 Å². The highest BCUT2D eigenvalue weighted by molar-refractivity contribution is 6.30. The molecule has 1 heterocycles. The highest BCUT2D eigenvalue weighted by atomic mass is 35.5. The molecule has 146 valence electrons. The third-order valence-electron chi connectivity index (χ3n) is 3.76. The number of benzene rings is 1. The van der Waals surface area contributed by atoms with Crippen LogP contribution in [0, 0.1) is 0 Å². The van der Waals surface area contributed by atoms with E-state index >= 15 is 0 Å². The van der Waals surface area contributed by atoms with E-state index in [1.165, 1.54) is 12.3 Å². The molecule has 0 aliphatic carbocycles. The Bertz CT molecular complexity index is 760. The van der Waals surface area contributed by atoms with Gasteiger partial charge in [0.25, 0.3) is 5.91 Å². The first kappa shape index (κ1) is 20.7. The molecule has 0 radical (unpaired) electrons. The molecule has 0 unspecified atom stereocenters. The second kappa shape index (κ2) is 10.5. The summed E-state index contributed by atoms with van der Waals surface area (Å²) in [4.78, 5) is 21.4. The minimum atomic E-state index is -0.573. The van der Waals surface area contributed by atoms with Crippen LogP contribution in [0.4, 0.5) is 5.95 Å². The highest BCUT2D eigenvalue weighted by Gasteiger charge is 2.07. The number of aromatic nitrogens is 2. The number of carbonyl (C=O) groups excluding carboxylic acids is 1. The Morgan fingerprint density at radius 3 is 2.85 bits per heavy atom. The van der Waals surface area contributed by atoms with Crippen LogP contribution in [-0.4, -0.2) is 61.2 Å². The van der Waals surface area contributed by atoms with E-state index in [0.29, 0.717) is 35.6 Å². The number of hydrogen-bond acceptors (Lipinski definition) is 7. The molecule has 27 heavy (non-hydrogen) atoms. The SMILES string of the molecule is COc1ccc(Cl)cc1OCCN(C)CCCNc1nccc(C(N)=O)n1. The first-order chi connectivity index (χ1) is 13.0. The van der Waals surface area contributed by atoms with Crippen molar-refractivity contribution in [3.05, 3.63) is 41.2 Å². The number of primary amides is 1. The van der Waals surface area contributed by atoms with E-state index in [1.807, 2.05) is 7.05 Å². The Kier molecular flexibility index (Phi) is 8.09. The van der Waals surface area contributed by atoms with Crippen LogP contribution in [0.15, 0.2) is 30.5 Å². The van der Waals surface area contributed by atoms with Gasteiger partial charge in [-0.1, -0.05) is 11.6 Å².